The average Bonchev–Trinajstić information content (AvgIpc) is 2.68. The number of piperidine rings is 1. The third kappa shape index (κ3) is 7.75. The lowest BCUT2D eigenvalue weighted by molar-refractivity contribution is -0.126. The van der Waals surface area contributed by atoms with Crippen molar-refractivity contribution in [3.8, 4) is 5.75 Å². The number of primary sulfonamides is 1. The van der Waals surface area contributed by atoms with Gasteiger partial charge >= 0.3 is 0 Å². The van der Waals surface area contributed by atoms with E-state index in [9.17, 15) is 13.2 Å². The van der Waals surface area contributed by atoms with Crippen LogP contribution in [-0.2, 0) is 19.6 Å². The molecule has 1 aliphatic heterocycles. The predicted octanol–water partition coefficient (Wildman–Crippen LogP) is 0.968. The molecule has 8 nitrogen and oxygen atoms in total. The van der Waals surface area contributed by atoms with Crippen molar-refractivity contribution in [1.29, 1.82) is 0 Å². The van der Waals surface area contributed by atoms with E-state index in [4.69, 9.17) is 14.6 Å². The number of rotatable bonds is 11. The average molecular weight is 414 g/mol. The maximum absolute atomic E-state index is 12.2. The highest BCUT2D eigenvalue weighted by atomic mass is 32.2. The van der Waals surface area contributed by atoms with Crippen LogP contribution in [0.1, 0.15) is 26.2 Å². The van der Waals surface area contributed by atoms with Gasteiger partial charge in [0.1, 0.15) is 12.4 Å². The summed E-state index contributed by atoms with van der Waals surface area (Å²) in [7, 11) is -3.68. The Morgan fingerprint density at radius 1 is 1.21 bits per heavy atom. The van der Waals surface area contributed by atoms with Crippen molar-refractivity contribution in [2.75, 3.05) is 46.0 Å². The number of hydrogen-bond donors (Lipinski definition) is 2. The number of carbonyl (C=O) groups excluding carboxylic acids is 1. The fraction of sp³-hybridized carbons (Fsp3) is 0.632. The van der Waals surface area contributed by atoms with Gasteiger partial charge in [0.15, 0.2) is 0 Å². The number of benzene rings is 1. The molecule has 1 aromatic rings. The molecule has 0 spiro atoms. The summed E-state index contributed by atoms with van der Waals surface area (Å²) in [6, 6.07) is 6.07. The Morgan fingerprint density at radius 3 is 2.50 bits per heavy atom. The van der Waals surface area contributed by atoms with Gasteiger partial charge in [-0.05, 0) is 63.5 Å². The number of amides is 1. The maximum atomic E-state index is 12.2. The van der Waals surface area contributed by atoms with E-state index in [0.29, 0.717) is 32.1 Å². The molecular weight excluding hydrogens is 382 g/mol. The summed E-state index contributed by atoms with van der Waals surface area (Å²) in [6.07, 6.45) is 2.54. The molecule has 1 aliphatic rings. The van der Waals surface area contributed by atoms with Crippen LogP contribution in [-0.4, -0.2) is 65.2 Å². The first-order valence-corrected chi connectivity index (χ1v) is 11.3. The van der Waals surface area contributed by atoms with Crippen LogP contribution in [0.4, 0.5) is 0 Å². The summed E-state index contributed by atoms with van der Waals surface area (Å²) in [5.74, 6) is 0.825. The molecule has 28 heavy (non-hydrogen) atoms. The molecule has 1 amide bonds. The zero-order valence-electron chi connectivity index (χ0n) is 16.4. The molecule has 1 fully saturated rings. The zero-order valence-corrected chi connectivity index (χ0v) is 17.2. The molecule has 0 saturated carbocycles. The van der Waals surface area contributed by atoms with Crippen molar-refractivity contribution in [1.82, 2.24) is 10.2 Å². The Kier molecular flexibility index (Phi) is 9.17. The van der Waals surface area contributed by atoms with Crippen LogP contribution in [0.3, 0.4) is 0 Å². The normalized spacial score (nSPS) is 16.1. The van der Waals surface area contributed by atoms with Gasteiger partial charge in [-0.1, -0.05) is 0 Å². The Morgan fingerprint density at radius 2 is 1.89 bits per heavy atom. The lowest BCUT2D eigenvalue weighted by Gasteiger charge is -2.31. The number of nitrogens with zero attached hydrogens (tertiary/aromatic N) is 1. The second-order valence-corrected chi connectivity index (χ2v) is 8.38. The van der Waals surface area contributed by atoms with E-state index in [0.717, 1.165) is 38.9 Å². The monoisotopic (exact) mass is 413 g/mol. The zero-order chi connectivity index (χ0) is 20.4. The molecule has 0 aromatic heterocycles. The maximum Gasteiger partial charge on any atom is 0.238 e. The van der Waals surface area contributed by atoms with Gasteiger partial charge in [0, 0.05) is 32.2 Å². The minimum Gasteiger partial charge on any atom is -0.492 e. The fourth-order valence-corrected chi connectivity index (χ4v) is 3.63. The van der Waals surface area contributed by atoms with E-state index in [-0.39, 0.29) is 16.7 Å². The minimum atomic E-state index is -3.68. The number of likely N-dealkylation sites (tertiary alicyclic amines) is 1. The molecule has 0 radical (unpaired) electrons. The Hall–Kier alpha value is -1.68. The Labute approximate surface area is 167 Å². The van der Waals surface area contributed by atoms with Gasteiger partial charge < -0.3 is 14.8 Å². The highest BCUT2D eigenvalue weighted by Gasteiger charge is 2.24. The Balaban J connectivity index is 1.61. The first-order chi connectivity index (χ1) is 13.4. The summed E-state index contributed by atoms with van der Waals surface area (Å²) in [4.78, 5) is 14.5. The molecule has 0 bridgehead atoms. The van der Waals surface area contributed by atoms with E-state index >= 15 is 0 Å². The number of nitrogens with two attached hydrogens (primary N) is 1. The molecule has 0 atom stereocenters. The molecule has 158 valence electrons. The minimum absolute atomic E-state index is 0.0677. The Bertz CT molecular complexity index is 701. The molecule has 1 aromatic carbocycles. The lowest BCUT2D eigenvalue weighted by Crippen LogP contribution is -2.42. The second-order valence-electron chi connectivity index (χ2n) is 6.82. The van der Waals surface area contributed by atoms with Crippen molar-refractivity contribution in [3.63, 3.8) is 0 Å². The van der Waals surface area contributed by atoms with Crippen LogP contribution in [0.5, 0.6) is 5.75 Å². The van der Waals surface area contributed by atoms with Gasteiger partial charge in [0.25, 0.3) is 0 Å². The van der Waals surface area contributed by atoms with Gasteiger partial charge in [0.05, 0.1) is 4.90 Å². The first kappa shape index (κ1) is 22.6. The van der Waals surface area contributed by atoms with Gasteiger partial charge in [-0.3, -0.25) is 9.69 Å². The quantitative estimate of drug-likeness (QED) is 0.523. The van der Waals surface area contributed by atoms with E-state index in [1.165, 1.54) is 12.1 Å². The molecule has 2 rings (SSSR count). The molecule has 9 heteroatoms. The van der Waals surface area contributed by atoms with E-state index in [1.54, 1.807) is 12.1 Å². The smallest absolute Gasteiger partial charge is 0.238 e. The van der Waals surface area contributed by atoms with Crippen LogP contribution in [0.25, 0.3) is 0 Å². The number of nitrogens with one attached hydrogen (secondary N) is 1. The second kappa shape index (κ2) is 11.4. The number of ether oxygens (including phenoxy) is 2. The third-order valence-corrected chi connectivity index (χ3v) is 5.68. The van der Waals surface area contributed by atoms with Crippen LogP contribution >= 0.6 is 0 Å². The molecular formula is C19H31N3O5S. The first-order valence-electron chi connectivity index (χ1n) is 9.73. The van der Waals surface area contributed by atoms with E-state index in [1.807, 2.05) is 6.92 Å². The predicted molar refractivity (Wildman–Crippen MR) is 107 cm³/mol. The summed E-state index contributed by atoms with van der Waals surface area (Å²) in [6.45, 7) is 7.01. The van der Waals surface area contributed by atoms with Crippen molar-refractivity contribution < 1.29 is 22.7 Å². The van der Waals surface area contributed by atoms with Gasteiger partial charge in [0.2, 0.25) is 15.9 Å². The van der Waals surface area contributed by atoms with Crippen molar-refractivity contribution in [3.05, 3.63) is 24.3 Å². The van der Waals surface area contributed by atoms with Crippen molar-refractivity contribution in [2.24, 2.45) is 11.1 Å². The van der Waals surface area contributed by atoms with Gasteiger partial charge in [-0.2, -0.15) is 0 Å². The van der Waals surface area contributed by atoms with Crippen molar-refractivity contribution in [2.45, 2.75) is 31.1 Å². The summed E-state index contributed by atoms with van der Waals surface area (Å²) in [5.41, 5.74) is 0. The largest absolute Gasteiger partial charge is 0.492 e. The number of hydrogen-bond acceptors (Lipinski definition) is 6. The number of sulfonamides is 1. The molecule has 0 unspecified atom stereocenters. The fourth-order valence-electron chi connectivity index (χ4n) is 3.11. The van der Waals surface area contributed by atoms with Crippen LogP contribution in [0.2, 0.25) is 0 Å². The summed E-state index contributed by atoms with van der Waals surface area (Å²) < 4.78 is 33.4. The van der Waals surface area contributed by atoms with E-state index < -0.39 is 10.0 Å². The molecule has 3 N–H and O–H groups in total. The van der Waals surface area contributed by atoms with Crippen LogP contribution in [0, 0.1) is 5.92 Å². The number of carbonyl (C=O) groups is 1. The topological polar surface area (TPSA) is 111 Å². The van der Waals surface area contributed by atoms with E-state index in [2.05, 4.69) is 10.2 Å². The summed E-state index contributed by atoms with van der Waals surface area (Å²) >= 11 is 0. The van der Waals surface area contributed by atoms with Gasteiger partial charge in [-0.25, -0.2) is 13.6 Å². The highest BCUT2D eigenvalue weighted by Crippen LogP contribution is 2.18. The molecule has 1 saturated heterocycles. The lowest BCUT2D eigenvalue weighted by atomic mass is 9.96. The van der Waals surface area contributed by atoms with Gasteiger partial charge in [-0.15, -0.1) is 0 Å². The third-order valence-electron chi connectivity index (χ3n) is 4.76. The van der Waals surface area contributed by atoms with Crippen molar-refractivity contribution >= 4 is 15.9 Å². The SMILES string of the molecule is CCOCCCNC(=O)C1CCN(CCOc2ccc(S(N)(=O)=O)cc2)CC1. The standard InChI is InChI=1S/C19H31N3O5S/c1-2-26-14-3-10-21-19(23)16-8-11-22(12-9-16)13-15-27-17-4-6-18(7-5-17)28(20,24)25/h4-7,16H,2-3,8-15H2,1H3,(H,21,23)(H2,20,24,25). The molecule has 1 heterocycles. The highest BCUT2D eigenvalue weighted by molar-refractivity contribution is 7.89. The van der Waals surface area contributed by atoms with Crippen LogP contribution < -0.4 is 15.2 Å². The summed E-state index contributed by atoms with van der Waals surface area (Å²) in [5, 5.41) is 8.07. The van der Waals surface area contributed by atoms with Crippen LogP contribution in [0.15, 0.2) is 29.2 Å². The molecule has 0 aliphatic carbocycles.